The van der Waals surface area contributed by atoms with Crippen molar-refractivity contribution in [3.8, 4) is 0 Å². The third-order valence-corrected chi connectivity index (χ3v) is 3.60. The molecule has 17 heavy (non-hydrogen) atoms. The second-order valence-electron chi connectivity index (χ2n) is 5.03. The maximum Gasteiger partial charge on any atom is 0.127 e. The van der Waals surface area contributed by atoms with Crippen LogP contribution in [0.1, 0.15) is 43.6 Å². The summed E-state index contributed by atoms with van der Waals surface area (Å²) in [5.41, 5.74) is 1.50. The normalized spacial score (nSPS) is 18.6. The number of hydrogen-bond donors (Lipinski definition) is 1. The predicted octanol–water partition coefficient (Wildman–Crippen LogP) is 3.77. The van der Waals surface area contributed by atoms with Crippen LogP contribution in [-0.2, 0) is 0 Å². The highest BCUT2D eigenvalue weighted by Crippen LogP contribution is 2.30. The lowest BCUT2D eigenvalue weighted by molar-refractivity contribution is 0.397. The molecular weight excluding hydrogens is 210 g/mol. The van der Waals surface area contributed by atoms with Gasteiger partial charge in [-0.15, -0.1) is 0 Å². The third kappa shape index (κ3) is 3.47. The molecule has 1 aromatic rings. The molecule has 0 radical (unpaired) electrons. The van der Waals surface area contributed by atoms with E-state index in [2.05, 4.69) is 17.5 Å². The van der Waals surface area contributed by atoms with Crippen molar-refractivity contribution in [2.45, 2.75) is 39.0 Å². The van der Waals surface area contributed by atoms with Gasteiger partial charge in [-0.1, -0.05) is 19.3 Å². The lowest BCUT2D eigenvalue weighted by Crippen LogP contribution is -2.19. The molecule has 0 amide bonds. The lowest BCUT2D eigenvalue weighted by Gasteiger charge is -2.24. The van der Waals surface area contributed by atoms with Gasteiger partial charge in [0.2, 0.25) is 0 Å². The lowest BCUT2D eigenvalue weighted by atomic mass is 9.83. The molecule has 1 heterocycles. The van der Waals surface area contributed by atoms with Gasteiger partial charge in [0.15, 0.2) is 0 Å². The Morgan fingerprint density at radius 1 is 1.35 bits per heavy atom. The Hall–Kier alpha value is -1.02. The van der Waals surface area contributed by atoms with Crippen molar-refractivity contribution >= 4 is 6.08 Å². The standard InChI is InChI=1S/C15H23NO/c1-12-8-9-15(17-12)10-14(11-16-2)13-6-4-3-5-7-13/h8-10,13,16H,3-7,11H2,1-2H3. The van der Waals surface area contributed by atoms with E-state index in [4.69, 9.17) is 4.42 Å². The molecule has 1 N–H and O–H groups in total. The molecule has 0 saturated heterocycles. The second kappa shape index (κ2) is 6.06. The second-order valence-corrected chi connectivity index (χ2v) is 5.03. The molecule has 2 rings (SSSR count). The van der Waals surface area contributed by atoms with Crippen molar-refractivity contribution in [3.05, 3.63) is 29.2 Å². The molecule has 0 aliphatic heterocycles. The first-order valence-electron chi connectivity index (χ1n) is 6.71. The molecule has 1 aliphatic carbocycles. The summed E-state index contributed by atoms with van der Waals surface area (Å²) in [7, 11) is 2.02. The molecule has 0 bridgehead atoms. The summed E-state index contributed by atoms with van der Waals surface area (Å²) in [6.07, 6.45) is 9.08. The first kappa shape index (κ1) is 12.4. The third-order valence-electron chi connectivity index (χ3n) is 3.60. The molecule has 1 fully saturated rings. The van der Waals surface area contributed by atoms with Crippen LogP contribution in [0.5, 0.6) is 0 Å². The molecule has 0 aromatic carbocycles. The SMILES string of the molecule is CNCC(=Cc1ccc(C)o1)C1CCCCC1. The van der Waals surface area contributed by atoms with Gasteiger partial charge in [0.05, 0.1) is 0 Å². The number of rotatable bonds is 4. The van der Waals surface area contributed by atoms with Crippen LogP contribution in [0.2, 0.25) is 0 Å². The van der Waals surface area contributed by atoms with E-state index in [0.717, 1.165) is 24.0 Å². The monoisotopic (exact) mass is 233 g/mol. The summed E-state index contributed by atoms with van der Waals surface area (Å²) in [4.78, 5) is 0. The van der Waals surface area contributed by atoms with Crippen LogP contribution in [0.25, 0.3) is 6.08 Å². The zero-order valence-corrected chi connectivity index (χ0v) is 11.0. The molecule has 0 atom stereocenters. The minimum Gasteiger partial charge on any atom is -0.462 e. The summed E-state index contributed by atoms with van der Waals surface area (Å²) in [5.74, 6) is 2.74. The van der Waals surface area contributed by atoms with Gasteiger partial charge < -0.3 is 9.73 Å². The Morgan fingerprint density at radius 3 is 2.71 bits per heavy atom. The maximum atomic E-state index is 5.65. The van der Waals surface area contributed by atoms with Crippen molar-refractivity contribution in [1.82, 2.24) is 5.32 Å². The van der Waals surface area contributed by atoms with Gasteiger partial charge in [-0.05, 0) is 56.5 Å². The minimum absolute atomic E-state index is 0.751. The smallest absolute Gasteiger partial charge is 0.127 e. The Morgan fingerprint density at radius 2 is 2.12 bits per heavy atom. The Kier molecular flexibility index (Phi) is 4.43. The van der Waals surface area contributed by atoms with E-state index >= 15 is 0 Å². The first-order chi connectivity index (χ1) is 8.29. The fourth-order valence-electron chi connectivity index (χ4n) is 2.70. The molecule has 94 valence electrons. The minimum atomic E-state index is 0.751. The van der Waals surface area contributed by atoms with Crippen LogP contribution in [0.15, 0.2) is 22.1 Å². The Bertz CT molecular complexity index is 372. The topological polar surface area (TPSA) is 25.2 Å². The first-order valence-corrected chi connectivity index (χ1v) is 6.71. The van der Waals surface area contributed by atoms with E-state index < -0.39 is 0 Å². The van der Waals surface area contributed by atoms with E-state index in [1.165, 1.54) is 37.7 Å². The zero-order chi connectivity index (χ0) is 12.1. The van der Waals surface area contributed by atoms with E-state index in [1.54, 1.807) is 0 Å². The highest BCUT2D eigenvalue weighted by molar-refractivity contribution is 5.49. The van der Waals surface area contributed by atoms with Gasteiger partial charge in [0.25, 0.3) is 0 Å². The number of aryl methyl sites for hydroxylation is 1. The van der Waals surface area contributed by atoms with Crippen molar-refractivity contribution in [2.24, 2.45) is 5.92 Å². The van der Waals surface area contributed by atoms with Crippen LogP contribution in [0, 0.1) is 12.8 Å². The number of hydrogen-bond acceptors (Lipinski definition) is 2. The van der Waals surface area contributed by atoms with Gasteiger partial charge in [-0.3, -0.25) is 0 Å². The largest absolute Gasteiger partial charge is 0.462 e. The van der Waals surface area contributed by atoms with Crippen LogP contribution in [-0.4, -0.2) is 13.6 Å². The number of nitrogens with one attached hydrogen (secondary N) is 1. The summed E-state index contributed by atoms with van der Waals surface area (Å²) < 4.78 is 5.65. The molecule has 1 saturated carbocycles. The number of furan rings is 1. The van der Waals surface area contributed by atoms with Crippen LogP contribution in [0.4, 0.5) is 0 Å². The van der Waals surface area contributed by atoms with E-state index in [1.807, 2.05) is 20.0 Å². The Balaban J connectivity index is 2.12. The van der Waals surface area contributed by atoms with Crippen molar-refractivity contribution < 1.29 is 4.42 Å². The summed E-state index contributed by atoms with van der Waals surface area (Å²) >= 11 is 0. The molecule has 1 aromatic heterocycles. The molecule has 0 unspecified atom stereocenters. The average Bonchev–Trinajstić information content (AvgIpc) is 2.75. The van der Waals surface area contributed by atoms with Crippen molar-refractivity contribution in [3.63, 3.8) is 0 Å². The summed E-state index contributed by atoms with van der Waals surface area (Å²) in [6, 6.07) is 4.09. The van der Waals surface area contributed by atoms with Crippen LogP contribution < -0.4 is 5.32 Å². The fraction of sp³-hybridized carbons (Fsp3) is 0.600. The summed E-state index contributed by atoms with van der Waals surface area (Å²) in [6.45, 7) is 2.97. The van der Waals surface area contributed by atoms with E-state index in [-0.39, 0.29) is 0 Å². The van der Waals surface area contributed by atoms with Gasteiger partial charge in [-0.2, -0.15) is 0 Å². The highest BCUT2D eigenvalue weighted by Gasteiger charge is 2.17. The predicted molar refractivity (Wildman–Crippen MR) is 71.9 cm³/mol. The quantitative estimate of drug-likeness (QED) is 0.856. The van der Waals surface area contributed by atoms with Crippen molar-refractivity contribution in [1.29, 1.82) is 0 Å². The van der Waals surface area contributed by atoms with Gasteiger partial charge in [-0.25, -0.2) is 0 Å². The van der Waals surface area contributed by atoms with Gasteiger partial charge in [0, 0.05) is 6.54 Å². The van der Waals surface area contributed by atoms with Gasteiger partial charge >= 0.3 is 0 Å². The molecule has 0 spiro atoms. The van der Waals surface area contributed by atoms with E-state index in [0.29, 0.717) is 0 Å². The van der Waals surface area contributed by atoms with E-state index in [9.17, 15) is 0 Å². The zero-order valence-electron chi connectivity index (χ0n) is 11.0. The van der Waals surface area contributed by atoms with Crippen molar-refractivity contribution in [2.75, 3.05) is 13.6 Å². The number of likely N-dealkylation sites (N-methyl/N-ethyl adjacent to an activating group) is 1. The highest BCUT2D eigenvalue weighted by atomic mass is 16.3. The Labute approximate surface area is 104 Å². The van der Waals surface area contributed by atoms with Crippen LogP contribution in [0.3, 0.4) is 0 Å². The fourth-order valence-corrected chi connectivity index (χ4v) is 2.70. The molecule has 2 nitrogen and oxygen atoms in total. The van der Waals surface area contributed by atoms with Crippen LogP contribution >= 0.6 is 0 Å². The molecular formula is C15H23NO. The maximum absolute atomic E-state index is 5.65. The van der Waals surface area contributed by atoms with Gasteiger partial charge in [0.1, 0.15) is 11.5 Å². The molecule has 2 heteroatoms. The summed E-state index contributed by atoms with van der Waals surface area (Å²) in [5, 5.41) is 3.28. The average molecular weight is 233 g/mol. The molecule has 1 aliphatic rings.